The molecule has 0 aliphatic heterocycles. The van der Waals surface area contributed by atoms with Crippen molar-refractivity contribution < 1.29 is 0 Å². The molecule has 15 heavy (non-hydrogen) atoms. The third-order valence-corrected chi connectivity index (χ3v) is 3.69. The van der Waals surface area contributed by atoms with Gasteiger partial charge in [0.15, 0.2) is 0 Å². The Kier molecular flexibility index (Phi) is 3.45. The Balaban J connectivity index is 2.03. The van der Waals surface area contributed by atoms with Gasteiger partial charge >= 0.3 is 0 Å². The highest BCUT2D eigenvalue weighted by Gasteiger charge is 2.22. The van der Waals surface area contributed by atoms with E-state index in [-0.39, 0.29) is 0 Å². The van der Waals surface area contributed by atoms with E-state index in [0.717, 1.165) is 0 Å². The van der Waals surface area contributed by atoms with E-state index in [1.165, 1.54) is 56.9 Å². The molecule has 0 atom stereocenters. The molecule has 2 rings (SSSR count). The molecule has 0 nitrogen and oxygen atoms in total. The third kappa shape index (κ3) is 2.25. The van der Waals surface area contributed by atoms with E-state index in [4.69, 9.17) is 0 Å². The lowest BCUT2D eigenvalue weighted by Crippen LogP contribution is -1.97. The molecule has 0 fully saturated rings. The highest BCUT2D eigenvalue weighted by molar-refractivity contribution is 5.50. The van der Waals surface area contributed by atoms with Gasteiger partial charge in [0, 0.05) is 0 Å². The van der Waals surface area contributed by atoms with Crippen LogP contribution in [0.5, 0.6) is 0 Å². The zero-order chi connectivity index (χ0) is 10.7. The summed E-state index contributed by atoms with van der Waals surface area (Å²) >= 11 is 0. The predicted octanol–water partition coefficient (Wildman–Crippen LogP) is 4.93. The van der Waals surface area contributed by atoms with Gasteiger partial charge in [-0.05, 0) is 55.2 Å². The molecule has 0 N–H and O–H groups in total. The van der Waals surface area contributed by atoms with Crippen LogP contribution in [0.25, 0.3) is 0 Å². The van der Waals surface area contributed by atoms with Gasteiger partial charge in [-0.2, -0.15) is 0 Å². The van der Waals surface area contributed by atoms with Crippen molar-refractivity contribution in [2.45, 2.75) is 58.3 Å². The van der Waals surface area contributed by atoms with Crippen molar-refractivity contribution in [3.8, 4) is 0 Å². The number of hydrogen-bond donors (Lipinski definition) is 0. The van der Waals surface area contributed by atoms with Crippen LogP contribution in [0.1, 0.15) is 58.3 Å². The van der Waals surface area contributed by atoms with E-state index in [1.54, 1.807) is 16.7 Å². The molecular formula is C15H22. The second-order valence-electron chi connectivity index (χ2n) is 4.79. The lowest BCUT2D eigenvalue weighted by molar-refractivity contribution is 0.707. The van der Waals surface area contributed by atoms with Gasteiger partial charge in [0.25, 0.3) is 0 Å². The van der Waals surface area contributed by atoms with Crippen molar-refractivity contribution in [3.63, 3.8) is 0 Å². The average Bonchev–Trinajstić information content (AvgIpc) is 2.62. The normalized spacial score (nSPS) is 20.6. The van der Waals surface area contributed by atoms with Crippen LogP contribution in [0.4, 0.5) is 0 Å². The summed E-state index contributed by atoms with van der Waals surface area (Å²) < 4.78 is 0. The number of allylic oxidation sites excluding steroid dienone is 5. The van der Waals surface area contributed by atoms with Crippen LogP contribution in [-0.2, 0) is 0 Å². The summed E-state index contributed by atoms with van der Waals surface area (Å²) in [5, 5.41) is 0. The second kappa shape index (κ2) is 4.83. The summed E-state index contributed by atoms with van der Waals surface area (Å²) in [6.07, 6.45) is 12.8. The molecule has 0 spiro atoms. The highest BCUT2D eigenvalue weighted by Crippen LogP contribution is 2.41. The molecule has 0 heterocycles. The maximum absolute atomic E-state index is 4.18. The van der Waals surface area contributed by atoms with Crippen LogP contribution in [0, 0.1) is 0 Å². The number of unbranched alkanes of at least 4 members (excludes halogenated alkanes) is 2. The maximum Gasteiger partial charge on any atom is -0.0233 e. The van der Waals surface area contributed by atoms with Crippen LogP contribution in [-0.4, -0.2) is 0 Å². The monoisotopic (exact) mass is 202 g/mol. The quantitative estimate of drug-likeness (QED) is 0.567. The SMILES string of the molecule is C=C1CCC2=C1CCC=C2CCCCC. The van der Waals surface area contributed by atoms with Crippen molar-refractivity contribution in [1.29, 1.82) is 0 Å². The zero-order valence-electron chi connectivity index (χ0n) is 9.94. The molecule has 0 heteroatoms. The smallest absolute Gasteiger partial charge is 0.0233 e. The van der Waals surface area contributed by atoms with Gasteiger partial charge in [-0.1, -0.05) is 38.0 Å². The van der Waals surface area contributed by atoms with Crippen molar-refractivity contribution >= 4 is 0 Å². The van der Waals surface area contributed by atoms with Gasteiger partial charge in [-0.25, -0.2) is 0 Å². The molecule has 0 saturated carbocycles. The van der Waals surface area contributed by atoms with Gasteiger partial charge < -0.3 is 0 Å². The Bertz CT molecular complexity index is 315. The Morgan fingerprint density at radius 1 is 1.13 bits per heavy atom. The van der Waals surface area contributed by atoms with Gasteiger partial charge in [0.2, 0.25) is 0 Å². The molecule has 0 radical (unpaired) electrons. The summed E-state index contributed by atoms with van der Waals surface area (Å²) in [7, 11) is 0. The summed E-state index contributed by atoms with van der Waals surface area (Å²) in [5.41, 5.74) is 6.36. The van der Waals surface area contributed by atoms with Crippen molar-refractivity contribution in [3.05, 3.63) is 34.9 Å². The van der Waals surface area contributed by atoms with Crippen LogP contribution in [0.15, 0.2) is 34.9 Å². The first-order valence-corrected chi connectivity index (χ1v) is 6.42. The van der Waals surface area contributed by atoms with Gasteiger partial charge in [-0.3, -0.25) is 0 Å². The zero-order valence-corrected chi connectivity index (χ0v) is 9.94. The van der Waals surface area contributed by atoms with Crippen molar-refractivity contribution in [2.24, 2.45) is 0 Å². The minimum atomic E-state index is 1.22. The summed E-state index contributed by atoms with van der Waals surface area (Å²) in [5.74, 6) is 0. The van der Waals surface area contributed by atoms with E-state index in [9.17, 15) is 0 Å². The standard InChI is InChI=1S/C15H22/c1-3-4-5-7-13-8-6-9-14-12(2)10-11-15(13)14/h8H,2-7,9-11H2,1H3. The first-order chi connectivity index (χ1) is 7.33. The first kappa shape index (κ1) is 10.7. The Morgan fingerprint density at radius 3 is 2.80 bits per heavy atom. The molecule has 82 valence electrons. The molecule has 2 aliphatic carbocycles. The summed E-state index contributed by atoms with van der Waals surface area (Å²) in [6, 6.07) is 0. The molecule has 0 aromatic carbocycles. The number of hydrogen-bond acceptors (Lipinski definition) is 0. The fraction of sp³-hybridized carbons (Fsp3) is 0.600. The van der Waals surface area contributed by atoms with E-state index in [2.05, 4.69) is 19.6 Å². The highest BCUT2D eigenvalue weighted by atomic mass is 14.3. The van der Waals surface area contributed by atoms with Crippen LogP contribution >= 0.6 is 0 Å². The molecule has 0 aromatic rings. The maximum atomic E-state index is 4.18. The topological polar surface area (TPSA) is 0 Å². The van der Waals surface area contributed by atoms with E-state index < -0.39 is 0 Å². The van der Waals surface area contributed by atoms with Gasteiger partial charge in [0.05, 0.1) is 0 Å². The van der Waals surface area contributed by atoms with Gasteiger partial charge in [0.1, 0.15) is 0 Å². The van der Waals surface area contributed by atoms with E-state index in [0.29, 0.717) is 0 Å². The van der Waals surface area contributed by atoms with Crippen LogP contribution < -0.4 is 0 Å². The fourth-order valence-electron chi connectivity index (χ4n) is 2.81. The molecule has 0 aromatic heterocycles. The van der Waals surface area contributed by atoms with E-state index in [1.807, 2.05) is 0 Å². The second-order valence-corrected chi connectivity index (χ2v) is 4.79. The Labute approximate surface area is 93.8 Å². The Hall–Kier alpha value is -0.780. The molecule has 0 amide bonds. The largest absolute Gasteiger partial charge is 0.0955 e. The van der Waals surface area contributed by atoms with Crippen LogP contribution in [0.2, 0.25) is 0 Å². The first-order valence-electron chi connectivity index (χ1n) is 6.42. The average molecular weight is 202 g/mol. The lowest BCUT2D eigenvalue weighted by Gasteiger charge is -2.17. The number of rotatable bonds is 4. The molecule has 0 bridgehead atoms. The Morgan fingerprint density at radius 2 is 2.00 bits per heavy atom. The minimum absolute atomic E-state index is 1.22. The molecule has 0 saturated heterocycles. The summed E-state index contributed by atoms with van der Waals surface area (Å²) in [4.78, 5) is 0. The third-order valence-electron chi connectivity index (χ3n) is 3.69. The fourth-order valence-corrected chi connectivity index (χ4v) is 2.81. The molecular weight excluding hydrogens is 180 g/mol. The van der Waals surface area contributed by atoms with E-state index >= 15 is 0 Å². The minimum Gasteiger partial charge on any atom is -0.0955 e. The predicted molar refractivity (Wildman–Crippen MR) is 66.9 cm³/mol. The summed E-state index contributed by atoms with van der Waals surface area (Å²) in [6.45, 7) is 6.46. The lowest BCUT2D eigenvalue weighted by atomic mass is 9.89. The van der Waals surface area contributed by atoms with Crippen LogP contribution in [0.3, 0.4) is 0 Å². The van der Waals surface area contributed by atoms with Crippen molar-refractivity contribution in [2.75, 3.05) is 0 Å². The molecule has 2 aliphatic rings. The van der Waals surface area contributed by atoms with Crippen molar-refractivity contribution in [1.82, 2.24) is 0 Å². The van der Waals surface area contributed by atoms with Gasteiger partial charge in [-0.15, -0.1) is 0 Å². The molecule has 0 unspecified atom stereocenters.